The second kappa shape index (κ2) is 9.61. The van der Waals surface area contributed by atoms with Gasteiger partial charge in [0.05, 0.1) is 13.7 Å². The van der Waals surface area contributed by atoms with E-state index in [0.717, 1.165) is 31.2 Å². The number of hydrogen-bond donors (Lipinski definition) is 1. The molecule has 1 N–H and O–H groups in total. The van der Waals surface area contributed by atoms with Gasteiger partial charge < -0.3 is 10.1 Å². The van der Waals surface area contributed by atoms with E-state index in [-0.39, 0.29) is 40.7 Å². The maximum Gasteiger partial charge on any atom is 0.247 e. The summed E-state index contributed by atoms with van der Waals surface area (Å²) in [6.07, 6.45) is 4.02. The molecule has 29 heavy (non-hydrogen) atoms. The summed E-state index contributed by atoms with van der Waals surface area (Å²) >= 11 is 6.05. The molecule has 2 aromatic rings. The Balaban J connectivity index is 1.90. The quantitative estimate of drug-likeness (QED) is 0.686. The van der Waals surface area contributed by atoms with Gasteiger partial charge in [-0.15, -0.1) is 0 Å². The van der Waals surface area contributed by atoms with Crippen LogP contribution in [0.4, 0.5) is 0 Å². The second-order valence-electron chi connectivity index (χ2n) is 7.10. The number of hydrogen-bond acceptors (Lipinski definition) is 4. The van der Waals surface area contributed by atoms with E-state index >= 15 is 0 Å². The van der Waals surface area contributed by atoms with Crippen LogP contribution >= 0.6 is 11.6 Å². The highest BCUT2D eigenvalue weighted by Gasteiger charge is 2.31. The van der Waals surface area contributed by atoms with E-state index in [1.807, 2.05) is 30.3 Å². The third-order valence-corrected chi connectivity index (χ3v) is 7.03. The number of nitrogens with zero attached hydrogens (tertiary/aromatic N) is 1. The van der Waals surface area contributed by atoms with E-state index in [4.69, 9.17) is 16.3 Å². The third-order valence-electron chi connectivity index (χ3n) is 4.99. The first-order chi connectivity index (χ1) is 13.9. The monoisotopic (exact) mass is 436 g/mol. The van der Waals surface area contributed by atoms with Gasteiger partial charge in [0.25, 0.3) is 0 Å². The highest BCUT2D eigenvalue weighted by molar-refractivity contribution is 7.89. The van der Waals surface area contributed by atoms with Crippen LogP contribution in [0.3, 0.4) is 0 Å². The van der Waals surface area contributed by atoms with E-state index in [2.05, 4.69) is 5.32 Å². The molecule has 1 aliphatic carbocycles. The van der Waals surface area contributed by atoms with Crippen molar-refractivity contribution in [2.75, 3.05) is 13.7 Å². The fourth-order valence-electron chi connectivity index (χ4n) is 3.51. The van der Waals surface area contributed by atoms with Gasteiger partial charge in [0.2, 0.25) is 15.9 Å². The van der Waals surface area contributed by atoms with Gasteiger partial charge in [0, 0.05) is 17.6 Å². The SMILES string of the molecule is COc1ccc(Cl)cc1S(=O)(=O)N(CC(=O)NC1CCCC1)Cc1ccccc1. The fourth-order valence-corrected chi connectivity index (χ4v) is 5.31. The van der Waals surface area contributed by atoms with Crippen LogP contribution in [0.15, 0.2) is 53.4 Å². The Morgan fingerprint density at radius 1 is 1.17 bits per heavy atom. The Kier molecular flexibility index (Phi) is 7.16. The molecule has 0 aliphatic heterocycles. The molecule has 6 nitrogen and oxygen atoms in total. The van der Waals surface area contributed by atoms with Crippen molar-refractivity contribution in [3.05, 3.63) is 59.1 Å². The number of methoxy groups -OCH3 is 1. The van der Waals surface area contributed by atoms with Crippen LogP contribution in [-0.4, -0.2) is 38.3 Å². The molecule has 0 heterocycles. The fraction of sp³-hybridized carbons (Fsp3) is 0.381. The lowest BCUT2D eigenvalue weighted by molar-refractivity contribution is -0.122. The number of nitrogens with one attached hydrogen (secondary N) is 1. The molecular formula is C21H25ClN2O4S. The Morgan fingerprint density at radius 2 is 1.86 bits per heavy atom. The second-order valence-corrected chi connectivity index (χ2v) is 9.45. The summed E-state index contributed by atoms with van der Waals surface area (Å²) in [5.74, 6) is -0.124. The molecule has 1 fully saturated rings. The van der Waals surface area contributed by atoms with Crippen LogP contribution in [0.25, 0.3) is 0 Å². The summed E-state index contributed by atoms with van der Waals surface area (Å²) in [6.45, 7) is -0.208. The molecular weight excluding hydrogens is 412 g/mol. The molecule has 0 saturated heterocycles. The first-order valence-electron chi connectivity index (χ1n) is 9.57. The van der Waals surface area contributed by atoms with Crippen LogP contribution in [-0.2, 0) is 21.4 Å². The highest BCUT2D eigenvalue weighted by atomic mass is 35.5. The molecule has 0 aromatic heterocycles. The number of halogens is 1. The molecule has 8 heteroatoms. The third kappa shape index (κ3) is 5.50. The Hall–Kier alpha value is -2.09. The number of amides is 1. The molecule has 1 saturated carbocycles. The van der Waals surface area contributed by atoms with E-state index in [1.54, 1.807) is 6.07 Å². The van der Waals surface area contributed by atoms with Gasteiger partial charge in [0.15, 0.2) is 0 Å². The van der Waals surface area contributed by atoms with Crippen LogP contribution in [0.1, 0.15) is 31.2 Å². The number of carbonyl (C=O) groups excluding carboxylic acids is 1. The van der Waals surface area contributed by atoms with Gasteiger partial charge in [0.1, 0.15) is 10.6 Å². The van der Waals surface area contributed by atoms with Crippen molar-refractivity contribution >= 4 is 27.5 Å². The zero-order valence-corrected chi connectivity index (χ0v) is 17.9. The van der Waals surface area contributed by atoms with Gasteiger partial charge in [-0.1, -0.05) is 54.8 Å². The van der Waals surface area contributed by atoms with Gasteiger partial charge in [-0.05, 0) is 36.6 Å². The lowest BCUT2D eigenvalue weighted by Gasteiger charge is -2.24. The summed E-state index contributed by atoms with van der Waals surface area (Å²) in [7, 11) is -2.63. The summed E-state index contributed by atoms with van der Waals surface area (Å²) in [4.78, 5) is 12.6. The number of ether oxygens (including phenoxy) is 1. The zero-order valence-electron chi connectivity index (χ0n) is 16.3. The van der Waals surface area contributed by atoms with Crippen molar-refractivity contribution in [2.24, 2.45) is 0 Å². The largest absolute Gasteiger partial charge is 0.495 e. The van der Waals surface area contributed by atoms with Gasteiger partial charge in [-0.2, -0.15) is 4.31 Å². The first kappa shape index (κ1) is 21.6. The molecule has 0 unspecified atom stereocenters. The molecule has 0 atom stereocenters. The number of rotatable bonds is 8. The van der Waals surface area contributed by atoms with Crippen molar-refractivity contribution < 1.29 is 17.9 Å². The lowest BCUT2D eigenvalue weighted by atomic mass is 10.2. The normalized spacial score (nSPS) is 14.9. The van der Waals surface area contributed by atoms with Crippen LogP contribution in [0, 0.1) is 0 Å². The lowest BCUT2D eigenvalue weighted by Crippen LogP contribution is -2.43. The van der Waals surface area contributed by atoms with Crippen molar-refractivity contribution in [1.29, 1.82) is 0 Å². The van der Waals surface area contributed by atoms with Crippen molar-refractivity contribution in [2.45, 2.75) is 43.2 Å². The predicted octanol–water partition coefficient (Wildman–Crippen LogP) is 3.60. The average molecular weight is 437 g/mol. The minimum absolute atomic E-state index is 0.0582. The van der Waals surface area contributed by atoms with E-state index in [9.17, 15) is 13.2 Å². The molecule has 156 valence electrons. The van der Waals surface area contributed by atoms with Gasteiger partial charge in [-0.3, -0.25) is 4.79 Å². The summed E-state index contributed by atoms with van der Waals surface area (Å²) in [5, 5.41) is 3.23. The highest BCUT2D eigenvalue weighted by Crippen LogP contribution is 2.30. The molecule has 0 radical (unpaired) electrons. The van der Waals surface area contributed by atoms with Crippen LogP contribution in [0.5, 0.6) is 5.75 Å². The predicted molar refractivity (Wildman–Crippen MR) is 112 cm³/mol. The maximum atomic E-state index is 13.4. The Labute approximate surface area is 176 Å². The molecule has 2 aromatic carbocycles. The average Bonchev–Trinajstić information content (AvgIpc) is 3.21. The first-order valence-corrected chi connectivity index (χ1v) is 11.4. The van der Waals surface area contributed by atoms with Gasteiger partial charge >= 0.3 is 0 Å². The number of sulfonamides is 1. The van der Waals surface area contributed by atoms with Crippen LogP contribution in [0.2, 0.25) is 5.02 Å². The topological polar surface area (TPSA) is 75.7 Å². The molecule has 1 amide bonds. The number of carbonyl (C=O) groups is 1. The minimum Gasteiger partial charge on any atom is -0.495 e. The van der Waals surface area contributed by atoms with E-state index < -0.39 is 10.0 Å². The molecule has 0 spiro atoms. The Bertz CT molecular complexity index is 944. The maximum absolute atomic E-state index is 13.4. The standard InChI is InChI=1S/C21H25ClN2O4S/c1-28-19-12-11-17(22)13-20(19)29(26,27)24(14-16-7-3-2-4-8-16)15-21(25)23-18-9-5-6-10-18/h2-4,7-8,11-13,18H,5-6,9-10,14-15H2,1H3,(H,23,25). The zero-order chi connectivity index (χ0) is 20.9. The molecule has 0 bridgehead atoms. The van der Waals surface area contributed by atoms with Crippen molar-refractivity contribution in [3.63, 3.8) is 0 Å². The van der Waals surface area contributed by atoms with Crippen molar-refractivity contribution in [1.82, 2.24) is 9.62 Å². The smallest absolute Gasteiger partial charge is 0.247 e. The summed E-state index contributed by atoms with van der Waals surface area (Å²) < 4.78 is 33.3. The van der Waals surface area contributed by atoms with Gasteiger partial charge in [-0.25, -0.2) is 8.42 Å². The van der Waals surface area contributed by atoms with E-state index in [1.165, 1.54) is 23.5 Å². The molecule has 1 aliphatic rings. The molecule has 3 rings (SSSR count). The minimum atomic E-state index is -4.03. The summed E-state index contributed by atoms with van der Waals surface area (Å²) in [5.41, 5.74) is 0.783. The van der Waals surface area contributed by atoms with Crippen molar-refractivity contribution in [3.8, 4) is 5.75 Å². The number of benzene rings is 2. The van der Waals surface area contributed by atoms with Crippen LogP contribution < -0.4 is 10.1 Å². The Morgan fingerprint density at radius 3 is 2.52 bits per heavy atom. The van der Waals surface area contributed by atoms with E-state index in [0.29, 0.717) is 0 Å². The summed E-state index contributed by atoms with van der Waals surface area (Å²) in [6, 6.07) is 13.7.